The molecule has 1 saturated heterocycles. The number of rotatable bonds is 4. The number of carbonyl (C=O) groups is 1. The quantitative estimate of drug-likeness (QED) is 0.637. The minimum atomic E-state index is -0.217. The van der Waals surface area contributed by atoms with Gasteiger partial charge in [0, 0.05) is 13.2 Å². The summed E-state index contributed by atoms with van der Waals surface area (Å²) in [6, 6.07) is -0.217. The van der Waals surface area contributed by atoms with Crippen LogP contribution in [0.5, 0.6) is 0 Å². The fourth-order valence-corrected chi connectivity index (χ4v) is 1.35. The van der Waals surface area contributed by atoms with E-state index in [1.165, 1.54) is 7.11 Å². The predicted molar refractivity (Wildman–Crippen MR) is 48.4 cm³/mol. The number of methoxy groups -OCH3 is 1. The number of nitrogens with one attached hydrogen (secondary N) is 1. The Labute approximate surface area is 78.6 Å². The predicted octanol–water partition coefficient (Wildman–Crippen LogP) is 0.174. The largest absolute Gasteiger partial charge is 0.468 e. The summed E-state index contributed by atoms with van der Waals surface area (Å²) < 4.78 is 9.81. The molecule has 4 nitrogen and oxygen atoms in total. The standard InChI is InChI=1S/C9H17NO3/c1-7(9(11)12-2)10-5-8-3-4-13-6-8/h7-8,10H,3-6H2,1-2H3/t7-,8?/m0/s1. The Morgan fingerprint density at radius 2 is 2.54 bits per heavy atom. The van der Waals surface area contributed by atoms with Gasteiger partial charge in [-0.3, -0.25) is 4.79 Å². The summed E-state index contributed by atoms with van der Waals surface area (Å²) >= 11 is 0. The fourth-order valence-electron chi connectivity index (χ4n) is 1.35. The van der Waals surface area contributed by atoms with Crippen molar-refractivity contribution >= 4 is 5.97 Å². The second-order valence-corrected chi connectivity index (χ2v) is 3.38. The lowest BCUT2D eigenvalue weighted by atomic mass is 10.1. The molecule has 1 heterocycles. The number of carbonyl (C=O) groups excluding carboxylic acids is 1. The highest BCUT2D eigenvalue weighted by molar-refractivity contribution is 5.75. The number of ether oxygens (including phenoxy) is 2. The summed E-state index contributed by atoms with van der Waals surface area (Å²) in [6.45, 7) is 4.29. The molecular weight excluding hydrogens is 170 g/mol. The van der Waals surface area contributed by atoms with Gasteiger partial charge in [0.1, 0.15) is 6.04 Å². The van der Waals surface area contributed by atoms with Gasteiger partial charge in [0.2, 0.25) is 0 Å². The highest BCUT2D eigenvalue weighted by Gasteiger charge is 2.18. The van der Waals surface area contributed by atoms with Crippen LogP contribution in [0.1, 0.15) is 13.3 Å². The van der Waals surface area contributed by atoms with Gasteiger partial charge < -0.3 is 14.8 Å². The molecule has 1 unspecified atom stereocenters. The monoisotopic (exact) mass is 187 g/mol. The molecule has 0 saturated carbocycles. The van der Waals surface area contributed by atoms with E-state index in [9.17, 15) is 4.79 Å². The molecule has 1 fully saturated rings. The van der Waals surface area contributed by atoms with Gasteiger partial charge in [-0.1, -0.05) is 0 Å². The first-order chi connectivity index (χ1) is 6.24. The lowest BCUT2D eigenvalue weighted by molar-refractivity contribution is -0.142. The molecule has 0 amide bonds. The summed E-state index contributed by atoms with van der Waals surface area (Å²) in [4.78, 5) is 11.0. The highest BCUT2D eigenvalue weighted by Crippen LogP contribution is 2.10. The third-order valence-corrected chi connectivity index (χ3v) is 2.29. The molecule has 0 aromatic carbocycles. The zero-order valence-corrected chi connectivity index (χ0v) is 8.21. The van der Waals surface area contributed by atoms with E-state index in [4.69, 9.17) is 4.74 Å². The Balaban J connectivity index is 2.13. The molecule has 1 aliphatic heterocycles. The summed E-state index contributed by atoms with van der Waals surface area (Å²) in [5.41, 5.74) is 0. The molecule has 4 heteroatoms. The molecule has 13 heavy (non-hydrogen) atoms. The van der Waals surface area contributed by atoms with Crippen LogP contribution < -0.4 is 5.32 Å². The van der Waals surface area contributed by atoms with Crippen LogP contribution in [0.2, 0.25) is 0 Å². The van der Waals surface area contributed by atoms with Crippen LogP contribution in [-0.4, -0.2) is 38.9 Å². The fraction of sp³-hybridized carbons (Fsp3) is 0.889. The lowest BCUT2D eigenvalue weighted by Gasteiger charge is -2.13. The molecule has 1 rings (SSSR count). The number of hydrogen-bond acceptors (Lipinski definition) is 4. The number of hydrogen-bond donors (Lipinski definition) is 1. The topological polar surface area (TPSA) is 47.6 Å². The number of esters is 1. The minimum absolute atomic E-state index is 0.209. The van der Waals surface area contributed by atoms with Crippen LogP contribution in [0.25, 0.3) is 0 Å². The van der Waals surface area contributed by atoms with Crippen LogP contribution in [0, 0.1) is 5.92 Å². The van der Waals surface area contributed by atoms with E-state index in [1.807, 2.05) is 6.92 Å². The third kappa shape index (κ3) is 3.32. The molecule has 76 valence electrons. The Morgan fingerprint density at radius 3 is 3.08 bits per heavy atom. The zero-order valence-electron chi connectivity index (χ0n) is 8.21. The van der Waals surface area contributed by atoms with Crippen molar-refractivity contribution in [3.8, 4) is 0 Å². The average molecular weight is 187 g/mol. The molecule has 0 spiro atoms. The maximum absolute atomic E-state index is 11.0. The van der Waals surface area contributed by atoms with Crippen molar-refractivity contribution in [3.63, 3.8) is 0 Å². The third-order valence-electron chi connectivity index (χ3n) is 2.29. The molecule has 1 N–H and O–H groups in total. The maximum atomic E-state index is 11.0. The van der Waals surface area contributed by atoms with E-state index in [1.54, 1.807) is 0 Å². The van der Waals surface area contributed by atoms with Crippen molar-refractivity contribution in [2.75, 3.05) is 26.9 Å². The van der Waals surface area contributed by atoms with Crippen molar-refractivity contribution in [1.82, 2.24) is 5.32 Å². The first kappa shape index (κ1) is 10.5. The molecule has 2 atom stereocenters. The van der Waals surface area contributed by atoms with Crippen LogP contribution >= 0.6 is 0 Å². The summed E-state index contributed by atoms with van der Waals surface area (Å²) in [5.74, 6) is 0.339. The van der Waals surface area contributed by atoms with Crippen molar-refractivity contribution < 1.29 is 14.3 Å². The van der Waals surface area contributed by atoms with Gasteiger partial charge in [-0.15, -0.1) is 0 Å². The van der Waals surface area contributed by atoms with Crippen molar-refractivity contribution in [1.29, 1.82) is 0 Å². The average Bonchev–Trinajstić information content (AvgIpc) is 2.65. The Hall–Kier alpha value is -0.610. The molecule has 0 aliphatic carbocycles. The van der Waals surface area contributed by atoms with Crippen molar-refractivity contribution in [3.05, 3.63) is 0 Å². The van der Waals surface area contributed by atoms with Gasteiger partial charge in [0.05, 0.1) is 13.7 Å². The molecule has 0 radical (unpaired) electrons. The molecular formula is C9H17NO3. The molecule has 0 aromatic rings. The summed E-state index contributed by atoms with van der Waals surface area (Å²) in [5, 5.41) is 3.12. The molecule has 0 aromatic heterocycles. The summed E-state index contributed by atoms with van der Waals surface area (Å²) in [6.07, 6.45) is 1.08. The second-order valence-electron chi connectivity index (χ2n) is 3.38. The van der Waals surface area contributed by atoms with Gasteiger partial charge in [0.15, 0.2) is 0 Å². The normalized spacial score (nSPS) is 24.3. The van der Waals surface area contributed by atoms with E-state index >= 15 is 0 Å². The van der Waals surface area contributed by atoms with E-state index in [-0.39, 0.29) is 12.0 Å². The van der Waals surface area contributed by atoms with Gasteiger partial charge in [0.25, 0.3) is 0 Å². The van der Waals surface area contributed by atoms with Crippen LogP contribution in [0.4, 0.5) is 0 Å². The smallest absolute Gasteiger partial charge is 0.322 e. The maximum Gasteiger partial charge on any atom is 0.322 e. The highest BCUT2D eigenvalue weighted by atomic mass is 16.5. The lowest BCUT2D eigenvalue weighted by Crippen LogP contribution is -2.37. The first-order valence-electron chi connectivity index (χ1n) is 4.63. The van der Waals surface area contributed by atoms with E-state index in [2.05, 4.69) is 10.1 Å². The van der Waals surface area contributed by atoms with Gasteiger partial charge in [-0.2, -0.15) is 0 Å². The Bertz CT molecular complexity index is 166. The Morgan fingerprint density at radius 1 is 1.77 bits per heavy atom. The van der Waals surface area contributed by atoms with Crippen molar-refractivity contribution in [2.24, 2.45) is 5.92 Å². The van der Waals surface area contributed by atoms with Gasteiger partial charge in [-0.05, 0) is 19.3 Å². The zero-order chi connectivity index (χ0) is 9.68. The molecule has 1 aliphatic rings. The summed E-state index contributed by atoms with van der Waals surface area (Å²) in [7, 11) is 1.40. The van der Waals surface area contributed by atoms with Crippen molar-refractivity contribution in [2.45, 2.75) is 19.4 Å². The van der Waals surface area contributed by atoms with E-state index in [0.717, 1.165) is 26.2 Å². The van der Waals surface area contributed by atoms with Crippen LogP contribution in [0.3, 0.4) is 0 Å². The van der Waals surface area contributed by atoms with E-state index in [0.29, 0.717) is 5.92 Å². The van der Waals surface area contributed by atoms with Crippen LogP contribution in [0.15, 0.2) is 0 Å². The second kappa shape index (κ2) is 5.19. The molecule has 0 bridgehead atoms. The van der Waals surface area contributed by atoms with E-state index < -0.39 is 0 Å². The Kier molecular flexibility index (Phi) is 4.18. The van der Waals surface area contributed by atoms with Gasteiger partial charge in [-0.25, -0.2) is 0 Å². The SMILES string of the molecule is COC(=O)[C@H](C)NCC1CCOC1. The van der Waals surface area contributed by atoms with Gasteiger partial charge >= 0.3 is 5.97 Å². The first-order valence-corrected chi connectivity index (χ1v) is 4.63. The van der Waals surface area contributed by atoms with Crippen LogP contribution in [-0.2, 0) is 14.3 Å². The minimum Gasteiger partial charge on any atom is -0.468 e.